The second-order valence-electron chi connectivity index (χ2n) is 3.29. The van der Waals surface area contributed by atoms with Crippen LogP contribution in [0.5, 0.6) is 0 Å². The van der Waals surface area contributed by atoms with Crippen LogP contribution in [0.4, 0.5) is 0 Å². The van der Waals surface area contributed by atoms with Gasteiger partial charge in [0.15, 0.2) is 0 Å². The molecule has 0 aromatic heterocycles. The zero-order valence-electron chi connectivity index (χ0n) is 8.23. The van der Waals surface area contributed by atoms with Crippen LogP contribution in [-0.2, 0) is 4.79 Å². The summed E-state index contributed by atoms with van der Waals surface area (Å²) in [7, 11) is 0. The van der Waals surface area contributed by atoms with E-state index in [0.717, 1.165) is 0 Å². The van der Waals surface area contributed by atoms with E-state index in [2.05, 4.69) is 0 Å². The summed E-state index contributed by atoms with van der Waals surface area (Å²) in [5.74, 6) is -0.456. The summed E-state index contributed by atoms with van der Waals surface area (Å²) in [6.45, 7) is -0.295. The monoisotopic (exact) mass is 261 g/mol. The molecular formula is C10H9Cl2NO3. The first-order valence-electron chi connectivity index (χ1n) is 4.55. The minimum absolute atomic E-state index is 0.0962. The van der Waals surface area contributed by atoms with Crippen molar-refractivity contribution in [2.24, 2.45) is 0 Å². The van der Waals surface area contributed by atoms with Crippen LogP contribution in [0.2, 0.25) is 10.0 Å². The summed E-state index contributed by atoms with van der Waals surface area (Å²) in [6.07, 6.45) is 0.760. The maximum absolute atomic E-state index is 10.4. The molecular weight excluding hydrogens is 253 g/mol. The Morgan fingerprint density at radius 3 is 2.56 bits per heavy atom. The molecule has 0 bridgehead atoms. The van der Waals surface area contributed by atoms with Gasteiger partial charge in [-0.1, -0.05) is 29.3 Å². The Kier molecular flexibility index (Phi) is 4.71. The van der Waals surface area contributed by atoms with Gasteiger partial charge in [-0.15, -0.1) is 0 Å². The molecule has 0 aliphatic heterocycles. The van der Waals surface area contributed by atoms with E-state index in [1.54, 1.807) is 18.2 Å². The van der Waals surface area contributed by atoms with Crippen LogP contribution in [0.3, 0.4) is 0 Å². The molecule has 0 saturated heterocycles. The van der Waals surface area contributed by atoms with Crippen molar-refractivity contribution in [1.29, 1.82) is 0 Å². The highest BCUT2D eigenvalue weighted by molar-refractivity contribution is 6.42. The van der Waals surface area contributed by atoms with Gasteiger partial charge < -0.3 is 4.79 Å². The van der Waals surface area contributed by atoms with Crippen molar-refractivity contribution >= 4 is 29.5 Å². The van der Waals surface area contributed by atoms with Crippen molar-refractivity contribution in [3.05, 3.63) is 43.9 Å². The molecule has 0 heterocycles. The number of aldehydes is 1. The molecule has 0 amide bonds. The topological polar surface area (TPSA) is 60.2 Å². The zero-order chi connectivity index (χ0) is 12.1. The van der Waals surface area contributed by atoms with E-state index in [1.165, 1.54) is 0 Å². The predicted molar refractivity (Wildman–Crippen MR) is 61.7 cm³/mol. The Morgan fingerprint density at radius 2 is 2.06 bits per heavy atom. The first-order valence-corrected chi connectivity index (χ1v) is 5.30. The Hall–Kier alpha value is -1.13. The quantitative estimate of drug-likeness (QED) is 0.465. The molecule has 1 unspecified atom stereocenters. The Balaban J connectivity index is 2.95. The summed E-state index contributed by atoms with van der Waals surface area (Å²) < 4.78 is 0. The van der Waals surface area contributed by atoms with Crippen LogP contribution in [0.25, 0.3) is 0 Å². The summed E-state index contributed by atoms with van der Waals surface area (Å²) in [5, 5.41) is 11.2. The van der Waals surface area contributed by atoms with Gasteiger partial charge in [0.25, 0.3) is 0 Å². The number of rotatable bonds is 5. The number of carbonyl (C=O) groups excluding carboxylic acids is 1. The van der Waals surface area contributed by atoms with Gasteiger partial charge in [-0.3, -0.25) is 10.1 Å². The molecule has 0 radical (unpaired) electrons. The smallest absolute Gasteiger partial charge is 0.211 e. The normalized spacial score (nSPS) is 12.1. The maximum Gasteiger partial charge on any atom is 0.211 e. The third-order valence-electron chi connectivity index (χ3n) is 2.17. The zero-order valence-corrected chi connectivity index (χ0v) is 9.74. The van der Waals surface area contributed by atoms with Crippen LogP contribution < -0.4 is 0 Å². The molecule has 1 aromatic rings. The minimum Gasteiger partial charge on any atom is -0.303 e. The van der Waals surface area contributed by atoms with Gasteiger partial charge in [0, 0.05) is 11.3 Å². The highest BCUT2D eigenvalue weighted by Gasteiger charge is 2.18. The number of nitrogens with zero attached hydrogens (tertiary/aromatic N) is 1. The van der Waals surface area contributed by atoms with Gasteiger partial charge in [-0.2, -0.15) is 0 Å². The third kappa shape index (κ3) is 3.47. The number of benzene rings is 1. The summed E-state index contributed by atoms with van der Waals surface area (Å²) in [5.41, 5.74) is 0.651. The van der Waals surface area contributed by atoms with E-state index in [-0.39, 0.29) is 13.0 Å². The lowest BCUT2D eigenvalue weighted by Crippen LogP contribution is -2.13. The molecule has 6 heteroatoms. The molecule has 1 rings (SSSR count). The highest BCUT2D eigenvalue weighted by atomic mass is 35.5. The minimum atomic E-state index is -0.456. The Labute approximate surface area is 102 Å². The lowest BCUT2D eigenvalue weighted by atomic mass is 9.96. The molecule has 0 N–H and O–H groups in total. The van der Waals surface area contributed by atoms with Crippen LogP contribution in [-0.4, -0.2) is 17.8 Å². The van der Waals surface area contributed by atoms with E-state index in [1.807, 2.05) is 0 Å². The van der Waals surface area contributed by atoms with Gasteiger partial charge >= 0.3 is 0 Å². The van der Waals surface area contributed by atoms with Crippen molar-refractivity contribution in [1.82, 2.24) is 0 Å². The fourth-order valence-electron chi connectivity index (χ4n) is 1.38. The van der Waals surface area contributed by atoms with Gasteiger partial charge in [-0.05, 0) is 17.7 Å². The maximum atomic E-state index is 10.4. The van der Waals surface area contributed by atoms with Crippen LogP contribution >= 0.6 is 23.2 Å². The highest BCUT2D eigenvalue weighted by Crippen LogP contribution is 2.27. The van der Waals surface area contributed by atoms with Crippen LogP contribution in [0, 0.1) is 10.1 Å². The molecule has 0 fully saturated rings. The SMILES string of the molecule is O=CCC(C[N+](=O)[O-])c1ccc(Cl)c(Cl)c1. The van der Waals surface area contributed by atoms with Gasteiger partial charge in [0.2, 0.25) is 6.54 Å². The molecule has 0 aliphatic rings. The first kappa shape index (κ1) is 12.9. The second kappa shape index (κ2) is 5.82. The average Bonchev–Trinajstić information content (AvgIpc) is 2.21. The number of nitro groups is 1. The van der Waals surface area contributed by atoms with Gasteiger partial charge in [0.05, 0.1) is 16.0 Å². The van der Waals surface area contributed by atoms with Crippen LogP contribution in [0.1, 0.15) is 17.9 Å². The number of hydrogen-bond acceptors (Lipinski definition) is 3. The second-order valence-corrected chi connectivity index (χ2v) is 4.10. The Morgan fingerprint density at radius 1 is 1.38 bits per heavy atom. The van der Waals surface area contributed by atoms with E-state index in [4.69, 9.17) is 23.2 Å². The van der Waals surface area contributed by atoms with Gasteiger partial charge in [0.1, 0.15) is 6.29 Å². The van der Waals surface area contributed by atoms with Crippen LogP contribution in [0.15, 0.2) is 18.2 Å². The fraction of sp³-hybridized carbons (Fsp3) is 0.300. The third-order valence-corrected chi connectivity index (χ3v) is 2.90. The number of halogens is 2. The van der Waals surface area contributed by atoms with Crippen molar-refractivity contribution in [2.45, 2.75) is 12.3 Å². The number of hydrogen-bond donors (Lipinski definition) is 0. The largest absolute Gasteiger partial charge is 0.303 e. The lowest BCUT2D eigenvalue weighted by molar-refractivity contribution is -0.483. The van der Waals surface area contributed by atoms with E-state index in [0.29, 0.717) is 21.9 Å². The molecule has 86 valence electrons. The summed E-state index contributed by atoms with van der Waals surface area (Å²) in [4.78, 5) is 20.4. The molecule has 4 nitrogen and oxygen atoms in total. The predicted octanol–water partition coefficient (Wildman–Crippen LogP) is 2.94. The lowest BCUT2D eigenvalue weighted by Gasteiger charge is -2.10. The molecule has 1 aromatic carbocycles. The average molecular weight is 262 g/mol. The van der Waals surface area contributed by atoms with Crippen molar-refractivity contribution in [2.75, 3.05) is 6.54 Å². The van der Waals surface area contributed by atoms with E-state index < -0.39 is 10.8 Å². The molecule has 0 aliphatic carbocycles. The molecule has 0 spiro atoms. The fourth-order valence-corrected chi connectivity index (χ4v) is 1.68. The van der Waals surface area contributed by atoms with E-state index >= 15 is 0 Å². The molecule has 16 heavy (non-hydrogen) atoms. The standard InChI is InChI=1S/C10H9Cl2NO3/c11-9-2-1-7(5-10(9)12)8(3-4-14)6-13(15)16/h1-2,4-5,8H,3,6H2. The van der Waals surface area contributed by atoms with Gasteiger partial charge in [-0.25, -0.2) is 0 Å². The summed E-state index contributed by atoms with van der Waals surface area (Å²) in [6, 6.07) is 4.77. The van der Waals surface area contributed by atoms with E-state index in [9.17, 15) is 14.9 Å². The molecule has 1 atom stereocenters. The number of carbonyl (C=O) groups is 1. The van der Waals surface area contributed by atoms with Crippen molar-refractivity contribution < 1.29 is 9.72 Å². The Bertz CT molecular complexity index is 409. The van der Waals surface area contributed by atoms with Crippen molar-refractivity contribution in [3.8, 4) is 0 Å². The first-order chi connectivity index (χ1) is 7.54. The molecule has 0 saturated carbocycles. The summed E-state index contributed by atoms with van der Waals surface area (Å²) >= 11 is 11.5. The van der Waals surface area contributed by atoms with Crippen molar-refractivity contribution in [3.63, 3.8) is 0 Å².